The maximum Gasteiger partial charge on any atom is 0.225 e. The average Bonchev–Trinajstić information content (AvgIpc) is 2.24. The molecule has 1 amide bonds. The van der Waals surface area contributed by atoms with Gasteiger partial charge in [0.2, 0.25) is 5.91 Å². The summed E-state index contributed by atoms with van der Waals surface area (Å²) in [5, 5.41) is 2.89. The van der Waals surface area contributed by atoms with Crippen molar-refractivity contribution in [3.05, 3.63) is 29.8 Å². The highest BCUT2D eigenvalue weighted by Crippen LogP contribution is 2.18. The van der Waals surface area contributed by atoms with Crippen molar-refractivity contribution in [3.8, 4) is 5.75 Å². The van der Waals surface area contributed by atoms with Crippen LogP contribution in [0.2, 0.25) is 0 Å². The number of hydrogen-bond donors (Lipinski definition) is 1. The molecule has 0 aliphatic heterocycles. The summed E-state index contributed by atoms with van der Waals surface area (Å²) >= 11 is 0. The van der Waals surface area contributed by atoms with E-state index in [1.165, 1.54) is 0 Å². The van der Waals surface area contributed by atoms with Crippen LogP contribution in [-0.2, 0) is 11.3 Å². The van der Waals surface area contributed by atoms with Crippen molar-refractivity contribution in [1.82, 2.24) is 5.32 Å². The molecule has 88 valence electrons. The molecule has 3 heteroatoms. The minimum atomic E-state index is -0.359. The largest absolute Gasteiger partial charge is 0.496 e. The molecule has 3 nitrogen and oxygen atoms in total. The summed E-state index contributed by atoms with van der Waals surface area (Å²) in [5.41, 5.74) is 0.629. The van der Waals surface area contributed by atoms with Gasteiger partial charge in [-0.05, 0) is 6.07 Å². The van der Waals surface area contributed by atoms with E-state index in [9.17, 15) is 4.79 Å². The second-order valence-electron chi connectivity index (χ2n) is 4.74. The van der Waals surface area contributed by atoms with Crippen molar-refractivity contribution in [1.29, 1.82) is 0 Å². The molecule has 0 aromatic heterocycles. The van der Waals surface area contributed by atoms with Crippen LogP contribution < -0.4 is 10.1 Å². The Balaban J connectivity index is 2.65. The number of nitrogens with one attached hydrogen (secondary N) is 1. The standard InChI is InChI=1S/C13H19NO2/c1-13(2,3)12(15)14-9-10-7-5-6-8-11(10)16-4/h5-8H,9H2,1-4H3,(H,14,15). The van der Waals surface area contributed by atoms with Crippen LogP contribution in [0.4, 0.5) is 0 Å². The number of carbonyl (C=O) groups is 1. The summed E-state index contributed by atoms with van der Waals surface area (Å²) in [5.74, 6) is 0.843. The van der Waals surface area contributed by atoms with E-state index in [-0.39, 0.29) is 11.3 Å². The third-order valence-electron chi connectivity index (χ3n) is 2.31. The van der Waals surface area contributed by atoms with Gasteiger partial charge >= 0.3 is 0 Å². The lowest BCUT2D eigenvalue weighted by atomic mass is 9.95. The van der Waals surface area contributed by atoms with Crippen LogP contribution in [0.25, 0.3) is 0 Å². The monoisotopic (exact) mass is 221 g/mol. The molecule has 0 atom stereocenters. The van der Waals surface area contributed by atoms with E-state index in [1.54, 1.807) is 7.11 Å². The van der Waals surface area contributed by atoms with Crippen molar-refractivity contribution >= 4 is 5.91 Å². The summed E-state index contributed by atoms with van der Waals surface area (Å²) in [6.45, 7) is 6.18. The summed E-state index contributed by atoms with van der Waals surface area (Å²) in [4.78, 5) is 11.7. The minimum Gasteiger partial charge on any atom is -0.496 e. The number of amides is 1. The highest BCUT2D eigenvalue weighted by atomic mass is 16.5. The summed E-state index contributed by atoms with van der Waals surface area (Å²) in [7, 11) is 1.63. The fourth-order valence-electron chi connectivity index (χ4n) is 1.29. The molecule has 0 aliphatic carbocycles. The molecule has 0 radical (unpaired) electrons. The van der Waals surface area contributed by atoms with Gasteiger partial charge in [-0.1, -0.05) is 39.0 Å². The molecule has 1 rings (SSSR count). The summed E-state index contributed by atoms with van der Waals surface area (Å²) < 4.78 is 5.21. The Kier molecular flexibility index (Phi) is 3.93. The van der Waals surface area contributed by atoms with E-state index in [1.807, 2.05) is 45.0 Å². The first-order valence-corrected chi connectivity index (χ1v) is 5.35. The molecular weight excluding hydrogens is 202 g/mol. The average molecular weight is 221 g/mol. The molecule has 0 unspecified atom stereocenters. The fraction of sp³-hybridized carbons (Fsp3) is 0.462. The quantitative estimate of drug-likeness (QED) is 0.851. The maximum atomic E-state index is 11.7. The number of rotatable bonds is 3. The van der Waals surface area contributed by atoms with Gasteiger partial charge in [-0.3, -0.25) is 4.79 Å². The van der Waals surface area contributed by atoms with Crippen molar-refractivity contribution < 1.29 is 9.53 Å². The molecular formula is C13H19NO2. The molecule has 0 spiro atoms. The Morgan fingerprint density at radius 1 is 1.31 bits per heavy atom. The van der Waals surface area contributed by atoms with E-state index in [0.717, 1.165) is 11.3 Å². The van der Waals surface area contributed by atoms with Crippen LogP contribution in [0.1, 0.15) is 26.3 Å². The highest BCUT2D eigenvalue weighted by molar-refractivity contribution is 5.81. The predicted octanol–water partition coefficient (Wildman–Crippen LogP) is 2.36. The van der Waals surface area contributed by atoms with Crippen molar-refractivity contribution in [2.45, 2.75) is 27.3 Å². The molecule has 0 bridgehead atoms. The third kappa shape index (κ3) is 3.26. The van der Waals surface area contributed by atoms with Gasteiger partial charge in [0.15, 0.2) is 0 Å². The van der Waals surface area contributed by atoms with E-state index in [0.29, 0.717) is 6.54 Å². The Morgan fingerprint density at radius 2 is 1.94 bits per heavy atom. The molecule has 0 saturated heterocycles. The molecule has 1 aromatic rings. The maximum absolute atomic E-state index is 11.7. The minimum absolute atomic E-state index is 0.0402. The molecule has 0 saturated carbocycles. The first-order valence-electron chi connectivity index (χ1n) is 5.35. The summed E-state index contributed by atoms with van der Waals surface area (Å²) in [6, 6.07) is 7.68. The van der Waals surface area contributed by atoms with Crippen LogP contribution >= 0.6 is 0 Å². The first kappa shape index (κ1) is 12.6. The number of methoxy groups -OCH3 is 1. The Hall–Kier alpha value is -1.51. The number of ether oxygens (including phenoxy) is 1. The normalized spacial score (nSPS) is 11.0. The van der Waals surface area contributed by atoms with E-state index < -0.39 is 0 Å². The lowest BCUT2D eigenvalue weighted by Crippen LogP contribution is -2.34. The van der Waals surface area contributed by atoms with Crippen LogP contribution in [0.5, 0.6) is 5.75 Å². The lowest BCUT2D eigenvalue weighted by molar-refractivity contribution is -0.128. The van der Waals surface area contributed by atoms with Crippen LogP contribution in [0.15, 0.2) is 24.3 Å². The zero-order valence-corrected chi connectivity index (χ0v) is 10.3. The second-order valence-corrected chi connectivity index (χ2v) is 4.74. The van der Waals surface area contributed by atoms with Gasteiger partial charge in [0.1, 0.15) is 5.75 Å². The third-order valence-corrected chi connectivity index (χ3v) is 2.31. The van der Waals surface area contributed by atoms with Crippen LogP contribution in [-0.4, -0.2) is 13.0 Å². The number of benzene rings is 1. The second kappa shape index (κ2) is 5.01. The van der Waals surface area contributed by atoms with E-state index in [2.05, 4.69) is 5.32 Å². The predicted molar refractivity (Wildman–Crippen MR) is 64.3 cm³/mol. The molecule has 16 heavy (non-hydrogen) atoms. The van der Waals surface area contributed by atoms with Crippen LogP contribution in [0.3, 0.4) is 0 Å². The Morgan fingerprint density at radius 3 is 2.50 bits per heavy atom. The van der Waals surface area contributed by atoms with Gasteiger partial charge in [-0.2, -0.15) is 0 Å². The van der Waals surface area contributed by atoms with E-state index >= 15 is 0 Å². The highest BCUT2D eigenvalue weighted by Gasteiger charge is 2.20. The SMILES string of the molecule is COc1ccccc1CNC(=O)C(C)(C)C. The van der Waals surface area contributed by atoms with Gasteiger partial charge in [0, 0.05) is 17.5 Å². The zero-order chi connectivity index (χ0) is 12.2. The number of carbonyl (C=O) groups excluding carboxylic acids is 1. The summed E-state index contributed by atoms with van der Waals surface area (Å²) in [6.07, 6.45) is 0. The molecule has 1 N–H and O–H groups in total. The number of hydrogen-bond acceptors (Lipinski definition) is 2. The van der Waals surface area contributed by atoms with Crippen molar-refractivity contribution in [2.24, 2.45) is 5.41 Å². The van der Waals surface area contributed by atoms with Gasteiger partial charge in [0.25, 0.3) is 0 Å². The number of para-hydroxylation sites is 1. The van der Waals surface area contributed by atoms with E-state index in [4.69, 9.17) is 4.74 Å². The topological polar surface area (TPSA) is 38.3 Å². The van der Waals surface area contributed by atoms with Gasteiger partial charge < -0.3 is 10.1 Å². The lowest BCUT2D eigenvalue weighted by Gasteiger charge is -2.18. The van der Waals surface area contributed by atoms with Gasteiger partial charge in [-0.25, -0.2) is 0 Å². The Bertz CT molecular complexity index is 366. The molecule has 0 heterocycles. The first-order chi connectivity index (χ1) is 7.45. The molecule has 0 aliphatic rings. The van der Waals surface area contributed by atoms with Gasteiger partial charge in [-0.15, -0.1) is 0 Å². The van der Waals surface area contributed by atoms with Crippen molar-refractivity contribution in [2.75, 3.05) is 7.11 Å². The zero-order valence-electron chi connectivity index (χ0n) is 10.3. The van der Waals surface area contributed by atoms with Gasteiger partial charge in [0.05, 0.1) is 7.11 Å². The fourth-order valence-corrected chi connectivity index (χ4v) is 1.29. The molecule has 1 aromatic carbocycles. The van der Waals surface area contributed by atoms with Crippen molar-refractivity contribution in [3.63, 3.8) is 0 Å². The smallest absolute Gasteiger partial charge is 0.225 e. The molecule has 0 fully saturated rings. The van der Waals surface area contributed by atoms with Crippen LogP contribution in [0, 0.1) is 5.41 Å². The Labute approximate surface area is 96.8 Å².